The number of hydrogen-bond acceptors (Lipinski definition) is 6. The van der Waals surface area contributed by atoms with Gasteiger partial charge in [-0.25, -0.2) is 4.39 Å². The third kappa shape index (κ3) is 5.34. The van der Waals surface area contributed by atoms with E-state index in [4.69, 9.17) is 4.74 Å². The molecule has 0 spiro atoms. The molecule has 0 bridgehead atoms. The van der Waals surface area contributed by atoms with Crippen LogP contribution in [0.2, 0.25) is 0 Å². The topological polar surface area (TPSA) is 96.7 Å². The summed E-state index contributed by atoms with van der Waals surface area (Å²) in [5, 5.41) is 17.6. The molecule has 170 valence electrons. The zero-order chi connectivity index (χ0) is 22.7. The average molecular weight is 442 g/mol. The summed E-state index contributed by atoms with van der Waals surface area (Å²) in [6.07, 6.45) is 3.53. The van der Waals surface area contributed by atoms with Crippen LogP contribution in [0.4, 0.5) is 15.8 Å². The van der Waals surface area contributed by atoms with Crippen LogP contribution in [0.15, 0.2) is 36.4 Å². The van der Waals surface area contributed by atoms with Gasteiger partial charge in [0, 0.05) is 43.3 Å². The lowest BCUT2D eigenvalue weighted by molar-refractivity contribution is -0.384. The van der Waals surface area contributed by atoms with Gasteiger partial charge in [0.2, 0.25) is 0 Å². The molecule has 0 atom stereocenters. The molecule has 0 radical (unpaired) electrons. The van der Waals surface area contributed by atoms with Gasteiger partial charge in [0.15, 0.2) is 11.6 Å². The Hall–Kier alpha value is -3.20. The average Bonchev–Trinajstić information content (AvgIpc) is 3.59. The summed E-state index contributed by atoms with van der Waals surface area (Å²) in [7, 11) is 1.44. The quantitative estimate of drug-likeness (QED) is 0.478. The van der Waals surface area contributed by atoms with Crippen LogP contribution in [0.25, 0.3) is 0 Å². The number of nitro groups is 1. The third-order valence-electron chi connectivity index (χ3n) is 5.94. The van der Waals surface area contributed by atoms with Crippen molar-refractivity contribution < 1.29 is 18.8 Å². The number of carbonyl (C=O) groups is 1. The number of rotatable bonds is 8. The number of anilines is 1. The maximum atomic E-state index is 13.9. The van der Waals surface area contributed by atoms with E-state index < -0.39 is 4.92 Å². The summed E-state index contributed by atoms with van der Waals surface area (Å²) in [5.74, 6) is -0.451. The molecular weight excluding hydrogens is 415 g/mol. The van der Waals surface area contributed by atoms with E-state index in [-0.39, 0.29) is 40.8 Å². The van der Waals surface area contributed by atoms with Crippen molar-refractivity contribution in [2.24, 2.45) is 0 Å². The summed E-state index contributed by atoms with van der Waals surface area (Å²) >= 11 is 0. The molecule has 1 amide bonds. The molecule has 2 fully saturated rings. The molecule has 32 heavy (non-hydrogen) atoms. The fraction of sp³-hybridized carbons (Fsp3) is 0.435. The molecule has 2 aromatic carbocycles. The molecule has 0 unspecified atom stereocenters. The van der Waals surface area contributed by atoms with Crippen molar-refractivity contribution in [2.45, 2.75) is 44.3 Å². The van der Waals surface area contributed by atoms with Gasteiger partial charge < -0.3 is 15.4 Å². The monoisotopic (exact) mass is 442 g/mol. The number of nitro benzene ring substituents is 1. The first-order valence-corrected chi connectivity index (χ1v) is 10.8. The molecule has 1 saturated carbocycles. The molecule has 1 saturated heterocycles. The number of carbonyl (C=O) groups excluding carboxylic acids is 1. The molecule has 4 rings (SSSR count). The highest BCUT2D eigenvalue weighted by atomic mass is 19.1. The largest absolute Gasteiger partial charge is 0.494 e. The number of likely N-dealkylation sites (tertiary alicyclic amines) is 1. The Morgan fingerprint density at radius 1 is 1.16 bits per heavy atom. The Labute approximate surface area is 185 Å². The first-order chi connectivity index (χ1) is 15.4. The molecule has 1 aliphatic carbocycles. The Balaban J connectivity index is 1.31. The molecular formula is C23H27FN4O4. The Kier molecular flexibility index (Phi) is 6.55. The molecule has 9 heteroatoms. The molecule has 1 aliphatic heterocycles. The van der Waals surface area contributed by atoms with Crippen molar-refractivity contribution in [1.29, 1.82) is 0 Å². The van der Waals surface area contributed by atoms with Crippen LogP contribution in [-0.4, -0.2) is 48.0 Å². The van der Waals surface area contributed by atoms with Crippen LogP contribution >= 0.6 is 0 Å². The minimum Gasteiger partial charge on any atom is -0.494 e. The highest BCUT2D eigenvalue weighted by Gasteiger charge is 2.26. The predicted octanol–water partition coefficient (Wildman–Crippen LogP) is 3.71. The van der Waals surface area contributed by atoms with Gasteiger partial charge in [0.25, 0.3) is 11.6 Å². The first-order valence-electron chi connectivity index (χ1n) is 10.8. The normalized spacial score (nSPS) is 17.1. The fourth-order valence-electron chi connectivity index (χ4n) is 3.96. The number of amides is 1. The lowest BCUT2D eigenvalue weighted by Crippen LogP contribution is -2.44. The van der Waals surface area contributed by atoms with Gasteiger partial charge >= 0.3 is 0 Å². The van der Waals surface area contributed by atoms with Crippen molar-refractivity contribution in [3.05, 3.63) is 63.5 Å². The second-order valence-electron chi connectivity index (χ2n) is 8.40. The van der Waals surface area contributed by atoms with Crippen LogP contribution in [0, 0.1) is 15.9 Å². The Morgan fingerprint density at radius 3 is 2.53 bits per heavy atom. The van der Waals surface area contributed by atoms with E-state index >= 15 is 0 Å². The lowest BCUT2D eigenvalue weighted by atomic mass is 10.0. The maximum absolute atomic E-state index is 13.9. The predicted molar refractivity (Wildman–Crippen MR) is 118 cm³/mol. The van der Waals surface area contributed by atoms with Gasteiger partial charge in [0.1, 0.15) is 5.69 Å². The Morgan fingerprint density at radius 2 is 1.91 bits per heavy atom. The number of halogens is 1. The summed E-state index contributed by atoms with van der Waals surface area (Å²) in [6, 6.07) is 9.83. The standard InChI is InChI=1S/C23H27FN4O4/c1-32-22-7-2-15(12-19(22)24)14-27-10-8-18(9-11-27)26-23(29)16-3-6-20(25-17-4-5-17)21(13-16)28(30)31/h2-3,6-7,12-13,17-18,25H,4-5,8-11,14H2,1H3,(H,26,29). The van der Waals surface area contributed by atoms with Crippen molar-refractivity contribution in [3.8, 4) is 5.75 Å². The minimum absolute atomic E-state index is 0.00493. The molecule has 8 nitrogen and oxygen atoms in total. The number of hydrogen-bond donors (Lipinski definition) is 2. The number of nitrogens with one attached hydrogen (secondary N) is 2. The summed E-state index contributed by atoms with van der Waals surface area (Å²) < 4.78 is 18.9. The van der Waals surface area contributed by atoms with Gasteiger partial charge in [0.05, 0.1) is 12.0 Å². The second kappa shape index (κ2) is 9.52. The van der Waals surface area contributed by atoms with Crippen LogP contribution in [0.1, 0.15) is 41.6 Å². The van der Waals surface area contributed by atoms with Gasteiger partial charge in [-0.2, -0.15) is 0 Å². The van der Waals surface area contributed by atoms with E-state index in [0.29, 0.717) is 12.2 Å². The second-order valence-corrected chi connectivity index (χ2v) is 8.40. The molecule has 2 aromatic rings. The fourth-order valence-corrected chi connectivity index (χ4v) is 3.96. The highest BCUT2D eigenvalue weighted by molar-refractivity contribution is 5.96. The molecule has 1 heterocycles. The van der Waals surface area contributed by atoms with Crippen molar-refractivity contribution in [1.82, 2.24) is 10.2 Å². The van der Waals surface area contributed by atoms with E-state index in [1.165, 1.54) is 19.2 Å². The lowest BCUT2D eigenvalue weighted by Gasteiger charge is -2.32. The summed E-state index contributed by atoms with van der Waals surface area (Å²) in [4.78, 5) is 25.9. The number of nitrogens with zero attached hydrogens (tertiary/aromatic N) is 2. The van der Waals surface area contributed by atoms with Crippen LogP contribution in [0.3, 0.4) is 0 Å². The maximum Gasteiger partial charge on any atom is 0.293 e. The highest BCUT2D eigenvalue weighted by Crippen LogP contribution is 2.31. The van der Waals surface area contributed by atoms with Crippen LogP contribution < -0.4 is 15.4 Å². The van der Waals surface area contributed by atoms with E-state index in [9.17, 15) is 19.3 Å². The molecule has 0 aromatic heterocycles. The number of piperidine rings is 1. The number of ether oxygens (including phenoxy) is 1. The van der Waals surface area contributed by atoms with Gasteiger partial charge in [-0.1, -0.05) is 6.07 Å². The van der Waals surface area contributed by atoms with Crippen molar-refractivity contribution >= 4 is 17.3 Å². The van der Waals surface area contributed by atoms with Crippen molar-refractivity contribution in [2.75, 3.05) is 25.5 Å². The van der Waals surface area contributed by atoms with Gasteiger partial charge in [-0.05, 0) is 55.5 Å². The van der Waals surface area contributed by atoms with E-state index in [1.54, 1.807) is 18.2 Å². The van der Waals surface area contributed by atoms with Gasteiger partial charge in [-0.15, -0.1) is 0 Å². The first kappa shape index (κ1) is 22.0. The summed E-state index contributed by atoms with van der Waals surface area (Å²) in [5.41, 5.74) is 1.54. The smallest absolute Gasteiger partial charge is 0.293 e. The molecule has 2 N–H and O–H groups in total. The van der Waals surface area contributed by atoms with Crippen molar-refractivity contribution in [3.63, 3.8) is 0 Å². The van der Waals surface area contributed by atoms with E-state index in [1.807, 2.05) is 6.07 Å². The Bertz CT molecular complexity index is 1000. The zero-order valence-corrected chi connectivity index (χ0v) is 18.0. The SMILES string of the molecule is COc1ccc(CN2CCC(NC(=O)c3ccc(NC4CC4)c([N+](=O)[O-])c3)CC2)cc1F. The minimum atomic E-state index is -0.456. The number of benzene rings is 2. The third-order valence-corrected chi connectivity index (χ3v) is 5.94. The summed E-state index contributed by atoms with van der Waals surface area (Å²) in [6.45, 7) is 2.16. The van der Waals surface area contributed by atoms with Crippen LogP contribution in [0.5, 0.6) is 5.75 Å². The molecule has 2 aliphatic rings. The number of methoxy groups -OCH3 is 1. The van der Waals surface area contributed by atoms with E-state index in [2.05, 4.69) is 15.5 Å². The zero-order valence-electron chi connectivity index (χ0n) is 18.0. The van der Waals surface area contributed by atoms with Crippen LogP contribution in [-0.2, 0) is 6.54 Å². The van der Waals surface area contributed by atoms with E-state index in [0.717, 1.165) is 44.3 Å². The van der Waals surface area contributed by atoms with Gasteiger partial charge in [-0.3, -0.25) is 19.8 Å².